The van der Waals surface area contributed by atoms with Gasteiger partial charge in [0, 0.05) is 57.8 Å². The summed E-state index contributed by atoms with van der Waals surface area (Å²) >= 11 is 0. The molecule has 0 bridgehead atoms. The van der Waals surface area contributed by atoms with Gasteiger partial charge in [-0.25, -0.2) is 0 Å². The molecule has 6 heteroatoms. The lowest BCUT2D eigenvalue weighted by Crippen LogP contribution is -2.08. The van der Waals surface area contributed by atoms with Crippen LogP contribution in [0.2, 0.25) is 0 Å². The average molecular weight is 402 g/mol. The van der Waals surface area contributed by atoms with Gasteiger partial charge in [-0.1, -0.05) is 36.4 Å². The Kier molecular flexibility index (Phi) is 7.04. The van der Waals surface area contributed by atoms with Crippen LogP contribution in [0.4, 0.5) is 0 Å². The molecule has 0 aliphatic carbocycles. The average Bonchev–Trinajstić information content (AvgIpc) is 3.39. The van der Waals surface area contributed by atoms with Crippen LogP contribution < -0.4 is 0 Å². The maximum absolute atomic E-state index is 5.57. The molecule has 2 aromatic heterocycles. The molecule has 4 rings (SSSR count). The number of ether oxygens (including phenoxy) is 2. The van der Waals surface area contributed by atoms with Crippen molar-refractivity contribution in [3.05, 3.63) is 72.1 Å². The summed E-state index contributed by atoms with van der Waals surface area (Å²) in [5.41, 5.74) is 4.44. The summed E-state index contributed by atoms with van der Waals surface area (Å²) in [7, 11) is 0. The van der Waals surface area contributed by atoms with Crippen LogP contribution in [-0.2, 0) is 9.47 Å². The van der Waals surface area contributed by atoms with Gasteiger partial charge in [-0.15, -0.1) is 0 Å². The molecule has 2 heterocycles. The lowest BCUT2D eigenvalue weighted by molar-refractivity contribution is 0.0541. The fraction of sp³-hybridized carbons (Fsp3) is 0.250. The molecule has 2 N–H and O–H groups in total. The number of hydrogen-bond donors (Lipinski definition) is 2. The molecule has 0 amide bonds. The predicted molar refractivity (Wildman–Crippen MR) is 123 cm³/mol. The highest BCUT2D eigenvalue weighted by atomic mass is 16.5. The highest BCUT2D eigenvalue weighted by Crippen LogP contribution is 2.16. The first kappa shape index (κ1) is 20.1. The Morgan fingerprint density at radius 1 is 0.633 bits per heavy atom. The van der Waals surface area contributed by atoms with Crippen molar-refractivity contribution in [2.75, 3.05) is 39.5 Å². The van der Waals surface area contributed by atoms with E-state index >= 15 is 0 Å². The minimum absolute atomic E-state index is 0.564. The molecule has 0 aliphatic rings. The van der Waals surface area contributed by atoms with E-state index in [9.17, 15) is 0 Å². The minimum atomic E-state index is 0.564. The zero-order chi connectivity index (χ0) is 20.4. The van der Waals surface area contributed by atoms with Crippen LogP contribution in [0.25, 0.3) is 21.8 Å². The Morgan fingerprint density at radius 2 is 1.10 bits per heavy atom. The first-order valence-electron chi connectivity index (χ1n) is 10.2. The molecule has 154 valence electrons. The molecule has 0 spiro atoms. The van der Waals surface area contributed by atoms with Gasteiger partial charge in [-0.3, -0.25) is 9.98 Å². The predicted octanol–water partition coefficient (Wildman–Crippen LogP) is 4.22. The van der Waals surface area contributed by atoms with Gasteiger partial charge in [0.1, 0.15) is 0 Å². The number of rotatable bonds is 11. The van der Waals surface area contributed by atoms with Crippen molar-refractivity contribution in [3.8, 4) is 0 Å². The topological polar surface area (TPSA) is 74.8 Å². The summed E-state index contributed by atoms with van der Waals surface area (Å²) in [4.78, 5) is 15.4. The third-order valence-corrected chi connectivity index (χ3v) is 4.80. The fourth-order valence-electron chi connectivity index (χ4n) is 3.28. The van der Waals surface area contributed by atoms with Crippen LogP contribution in [-0.4, -0.2) is 61.9 Å². The van der Waals surface area contributed by atoms with Gasteiger partial charge >= 0.3 is 0 Å². The van der Waals surface area contributed by atoms with Gasteiger partial charge in [0.05, 0.1) is 39.5 Å². The number of H-pyrrole nitrogens is 2. The van der Waals surface area contributed by atoms with Crippen LogP contribution in [0.1, 0.15) is 11.1 Å². The van der Waals surface area contributed by atoms with E-state index < -0.39 is 0 Å². The second-order valence-corrected chi connectivity index (χ2v) is 6.87. The Labute approximate surface area is 175 Å². The van der Waals surface area contributed by atoms with Crippen molar-refractivity contribution < 1.29 is 9.47 Å². The third kappa shape index (κ3) is 5.23. The number of para-hydroxylation sites is 2. The van der Waals surface area contributed by atoms with Crippen LogP contribution in [0.5, 0.6) is 0 Å². The van der Waals surface area contributed by atoms with E-state index in [0.717, 1.165) is 22.2 Å². The molecule has 0 saturated heterocycles. The van der Waals surface area contributed by atoms with Crippen molar-refractivity contribution >= 4 is 34.2 Å². The first-order valence-corrected chi connectivity index (χ1v) is 10.2. The largest absolute Gasteiger partial charge is 0.377 e. The Morgan fingerprint density at radius 3 is 1.60 bits per heavy atom. The maximum Gasteiger partial charge on any atom is 0.0701 e. The van der Waals surface area contributed by atoms with E-state index in [4.69, 9.17) is 9.47 Å². The molecular formula is C24H26N4O2. The number of nitrogens with one attached hydrogen (secondary N) is 2. The fourth-order valence-corrected chi connectivity index (χ4v) is 3.28. The van der Waals surface area contributed by atoms with Gasteiger partial charge in [0.2, 0.25) is 0 Å². The van der Waals surface area contributed by atoms with Gasteiger partial charge in [0.15, 0.2) is 0 Å². The summed E-state index contributed by atoms with van der Waals surface area (Å²) in [6.45, 7) is 3.56. The molecule has 0 atom stereocenters. The third-order valence-electron chi connectivity index (χ3n) is 4.80. The van der Waals surface area contributed by atoms with Crippen molar-refractivity contribution in [1.82, 2.24) is 9.97 Å². The second-order valence-electron chi connectivity index (χ2n) is 6.87. The number of aromatic amines is 2. The first-order chi connectivity index (χ1) is 14.9. The summed E-state index contributed by atoms with van der Waals surface area (Å²) in [5.74, 6) is 0. The van der Waals surface area contributed by atoms with Crippen LogP contribution in [0, 0.1) is 0 Å². The molecule has 2 aromatic carbocycles. The molecule has 30 heavy (non-hydrogen) atoms. The van der Waals surface area contributed by atoms with Crippen LogP contribution in [0.15, 0.2) is 70.9 Å². The molecule has 4 aromatic rings. The number of benzene rings is 2. The second kappa shape index (κ2) is 10.5. The molecule has 0 fully saturated rings. The van der Waals surface area contributed by atoms with E-state index in [0.29, 0.717) is 39.5 Å². The molecule has 0 saturated carbocycles. The van der Waals surface area contributed by atoms with Crippen molar-refractivity contribution in [2.24, 2.45) is 9.98 Å². The molecule has 0 aliphatic heterocycles. The van der Waals surface area contributed by atoms with E-state index in [1.54, 1.807) is 0 Å². The smallest absolute Gasteiger partial charge is 0.0701 e. The van der Waals surface area contributed by atoms with Crippen molar-refractivity contribution in [3.63, 3.8) is 0 Å². The molecule has 0 unspecified atom stereocenters. The number of fused-ring (bicyclic) bond motifs is 2. The SMILES string of the molecule is C(=NCCOCCOCCN=Cc1c[nH]c2ccccc12)c1c[nH]c2ccccc12. The van der Waals surface area contributed by atoms with E-state index in [1.807, 2.05) is 49.1 Å². The summed E-state index contributed by atoms with van der Waals surface area (Å²) < 4.78 is 11.1. The molecule has 6 nitrogen and oxygen atoms in total. The highest BCUT2D eigenvalue weighted by Gasteiger charge is 2.00. The summed E-state index contributed by atoms with van der Waals surface area (Å²) in [5, 5.41) is 2.37. The molecule has 0 radical (unpaired) electrons. The van der Waals surface area contributed by atoms with E-state index in [1.165, 1.54) is 10.8 Å². The van der Waals surface area contributed by atoms with Gasteiger partial charge in [0.25, 0.3) is 0 Å². The normalized spacial score (nSPS) is 12.1. The van der Waals surface area contributed by atoms with Gasteiger partial charge in [-0.05, 0) is 12.1 Å². The maximum atomic E-state index is 5.57. The quantitative estimate of drug-likeness (QED) is 0.291. The van der Waals surface area contributed by atoms with Crippen LogP contribution >= 0.6 is 0 Å². The Balaban J connectivity index is 1.05. The standard InChI is InChI=1S/C24H26N4O2/c1-3-7-23-21(5-1)19(17-27-23)15-25-9-11-29-13-14-30-12-10-26-16-20-18-28-24-8-4-2-6-22(20)24/h1-8,15-18,27-28H,9-14H2. The lowest BCUT2D eigenvalue weighted by atomic mass is 10.2. The van der Waals surface area contributed by atoms with E-state index in [2.05, 4.69) is 44.2 Å². The number of nitrogens with zero attached hydrogens (tertiary/aromatic N) is 2. The monoisotopic (exact) mass is 402 g/mol. The van der Waals surface area contributed by atoms with Gasteiger partial charge < -0.3 is 19.4 Å². The van der Waals surface area contributed by atoms with Crippen molar-refractivity contribution in [2.45, 2.75) is 0 Å². The molecular weight excluding hydrogens is 376 g/mol. The van der Waals surface area contributed by atoms with Crippen molar-refractivity contribution in [1.29, 1.82) is 0 Å². The summed E-state index contributed by atoms with van der Waals surface area (Å²) in [6, 6.07) is 16.4. The summed E-state index contributed by atoms with van der Waals surface area (Å²) in [6.07, 6.45) is 7.74. The minimum Gasteiger partial charge on any atom is -0.377 e. The Hall–Kier alpha value is -3.22. The lowest BCUT2D eigenvalue weighted by Gasteiger charge is -2.03. The van der Waals surface area contributed by atoms with Gasteiger partial charge in [-0.2, -0.15) is 0 Å². The Bertz CT molecular complexity index is 1040. The van der Waals surface area contributed by atoms with Crippen LogP contribution in [0.3, 0.4) is 0 Å². The zero-order valence-corrected chi connectivity index (χ0v) is 16.9. The highest BCUT2D eigenvalue weighted by molar-refractivity contribution is 5.99. The number of aromatic nitrogens is 2. The zero-order valence-electron chi connectivity index (χ0n) is 16.9. The number of hydrogen-bond acceptors (Lipinski definition) is 4. The number of aliphatic imine (C=N–C) groups is 2. The van der Waals surface area contributed by atoms with E-state index in [-0.39, 0.29) is 0 Å².